The summed E-state index contributed by atoms with van der Waals surface area (Å²) in [5.74, 6) is 0.867. The van der Waals surface area contributed by atoms with Crippen molar-refractivity contribution in [1.82, 2.24) is 14.9 Å². The number of aryl methyl sites for hydroxylation is 1. The summed E-state index contributed by atoms with van der Waals surface area (Å²) < 4.78 is 30.0. The molecule has 1 aliphatic rings. The van der Waals surface area contributed by atoms with E-state index in [1.807, 2.05) is 42.2 Å². The van der Waals surface area contributed by atoms with E-state index < -0.39 is 9.84 Å². The van der Waals surface area contributed by atoms with Crippen molar-refractivity contribution in [1.29, 1.82) is 0 Å². The number of rotatable bonds is 5. The van der Waals surface area contributed by atoms with Crippen LogP contribution in [-0.4, -0.2) is 54.6 Å². The van der Waals surface area contributed by atoms with Crippen molar-refractivity contribution in [2.75, 3.05) is 19.3 Å². The highest BCUT2D eigenvalue weighted by atomic mass is 32.2. The van der Waals surface area contributed by atoms with E-state index in [2.05, 4.69) is 9.97 Å². The molecule has 3 aromatic rings. The van der Waals surface area contributed by atoms with Crippen LogP contribution in [0.2, 0.25) is 0 Å². The number of nitrogens with zero attached hydrogens (tertiary/aromatic N) is 3. The van der Waals surface area contributed by atoms with Gasteiger partial charge >= 0.3 is 0 Å². The SMILES string of the molecule is CCC(=O)N1CC[C@H](Oc2ccc3nccc(-c4cnc(S(C)(=O)=O)c(C)c4)c3c2)C1. The summed E-state index contributed by atoms with van der Waals surface area (Å²) in [4.78, 5) is 22.4. The van der Waals surface area contributed by atoms with Crippen molar-refractivity contribution < 1.29 is 17.9 Å². The fourth-order valence-electron chi connectivity index (χ4n) is 4.02. The minimum Gasteiger partial charge on any atom is -0.488 e. The number of amides is 1. The lowest BCUT2D eigenvalue weighted by Crippen LogP contribution is -2.30. The van der Waals surface area contributed by atoms with Crippen molar-refractivity contribution >= 4 is 26.6 Å². The Morgan fingerprint density at radius 3 is 2.74 bits per heavy atom. The van der Waals surface area contributed by atoms with E-state index >= 15 is 0 Å². The molecule has 162 valence electrons. The lowest BCUT2D eigenvalue weighted by molar-refractivity contribution is -0.130. The van der Waals surface area contributed by atoms with E-state index in [0.29, 0.717) is 18.5 Å². The van der Waals surface area contributed by atoms with Crippen molar-refractivity contribution in [3.63, 3.8) is 0 Å². The lowest BCUT2D eigenvalue weighted by atomic mass is 10.0. The summed E-state index contributed by atoms with van der Waals surface area (Å²) in [7, 11) is -3.38. The molecule has 1 fully saturated rings. The van der Waals surface area contributed by atoms with Gasteiger partial charge in [0.15, 0.2) is 14.9 Å². The zero-order chi connectivity index (χ0) is 22.2. The molecule has 0 unspecified atom stereocenters. The van der Waals surface area contributed by atoms with Gasteiger partial charge in [-0.05, 0) is 48.4 Å². The maximum Gasteiger partial charge on any atom is 0.222 e. The van der Waals surface area contributed by atoms with E-state index in [4.69, 9.17) is 4.74 Å². The lowest BCUT2D eigenvalue weighted by Gasteiger charge is -2.17. The van der Waals surface area contributed by atoms with Gasteiger partial charge in [0.2, 0.25) is 5.91 Å². The summed E-state index contributed by atoms with van der Waals surface area (Å²) in [5.41, 5.74) is 3.13. The van der Waals surface area contributed by atoms with Gasteiger partial charge in [0.25, 0.3) is 0 Å². The van der Waals surface area contributed by atoms with Crippen molar-refractivity contribution in [3.05, 3.63) is 48.3 Å². The van der Waals surface area contributed by atoms with Crippen LogP contribution in [0.4, 0.5) is 0 Å². The first-order chi connectivity index (χ1) is 14.8. The maximum absolute atomic E-state index is 11.9. The van der Waals surface area contributed by atoms with Crippen LogP contribution >= 0.6 is 0 Å². The molecule has 0 spiro atoms. The Kier molecular flexibility index (Phi) is 5.66. The van der Waals surface area contributed by atoms with Crippen LogP contribution in [0.1, 0.15) is 25.3 Å². The first kappa shape index (κ1) is 21.2. The minimum atomic E-state index is -3.38. The number of hydrogen-bond acceptors (Lipinski definition) is 6. The van der Waals surface area contributed by atoms with Crippen LogP contribution < -0.4 is 4.74 Å². The quantitative estimate of drug-likeness (QED) is 0.605. The molecule has 1 saturated heterocycles. The molecule has 31 heavy (non-hydrogen) atoms. The van der Waals surface area contributed by atoms with Gasteiger partial charge in [-0.2, -0.15) is 0 Å². The molecule has 0 N–H and O–H groups in total. The molecular formula is C23H25N3O4S. The Morgan fingerprint density at radius 1 is 1.23 bits per heavy atom. The molecule has 0 aliphatic carbocycles. The van der Waals surface area contributed by atoms with Crippen LogP contribution in [0.15, 0.2) is 47.8 Å². The maximum atomic E-state index is 11.9. The average molecular weight is 440 g/mol. The number of ether oxygens (including phenoxy) is 1. The van der Waals surface area contributed by atoms with E-state index in [0.717, 1.165) is 47.0 Å². The molecule has 1 aliphatic heterocycles. The molecule has 1 amide bonds. The number of likely N-dealkylation sites (tertiary alicyclic amines) is 1. The van der Waals surface area contributed by atoms with Crippen LogP contribution in [0.3, 0.4) is 0 Å². The normalized spacial score (nSPS) is 16.6. The number of carbonyl (C=O) groups is 1. The molecule has 1 atom stereocenters. The molecule has 0 saturated carbocycles. The fraction of sp³-hybridized carbons (Fsp3) is 0.348. The van der Waals surface area contributed by atoms with E-state index in [1.165, 1.54) is 0 Å². The van der Waals surface area contributed by atoms with Crippen LogP contribution in [0, 0.1) is 6.92 Å². The van der Waals surface area contributed by atoms with Crippen molar-refractivity contribution in [2.24, 2.45) is 0 Å². The van der Waals surface area contributed by atoms with Gasteiger partial charge in [0.05, 0.1) is 12.1 Å². The second kappa shape index (κ2) is 8.26. The van der Waals surface area contributed by atoms with Gasteiger partial charge in [0.1, 0.15) is 11.9 Å². The number of fused-ring (bicyclic) bond motifs is 1. The van der Waals surface area contributed by atoms with Crippen LogP contribution in [0.5, 0.6) is 5.75 Å². The summed E-state index contributed by atoms with van der Waals surface area (Å²) >= 11 is 0. The second-order valence-electron chi connectivity index (χ2n) is 7.88. The monoisotopic (exact) mass is 439 g/mol. The van der Waals surface area contributed by atoms with E-state index in [1.54, 1.807) is 19.3 Å². The van der Waals surface area contributed by atoms with Gasteiger partial charge in [-0.15, -0.1) is 0 Å². The third kappa shape index (κ3) is 4.39. The highest BCUT2D eigenvalue weighted by molar-refractivity contribution is 7.90. The first-order valence-corrected chi connectivity index (χ1v) is 12.2. The third-order valence-electron chi connectivity index (χ3n) is 5.51. The molecule has 7 nitrogen and oxygen atoms in total. The highest BCUT2D eigenvalue weighted by Crippen LogP contribution is 2.32. The van der Waals surface area contributed by atoms with Gasteiger partial charge in [0, 0.05) is 49.0 Å². The number of sulfone groups is 1. The largest absolute Gasteiger partial charge is 0.488 e. The topological polar surface area (TPSA) is 89.5 Å². The predicted molar refractivity (Wildman–Crippen MR) is 119 cm³/mol. The number of carbonyl (C=O) groups excluding carboxylic acids is 1. The fourth-order valence-corrected chi connectivity index (χ4v) is 4.90. The van der Waals surface area contributed by atoms with Crippen LogP contribution in [-0.2, 0) is 14.6 Å². The Hall–Kier alpha value is -3.00. The van der Waals surface area contributed by atoms with Gasteiger partial charge in [-0.1, -0.05) is 6.92 Å². The summed E-state index contributed by atoms with van der Waals surface area (Å²) in [6.45, 7) is 4.93. The van der Waals surface area contributed by atoms with E-state index in [9.17, 15) is 13.2 Å². The summed E-state index contributed by atoms with van der Waals surface area (Å²) in [6.07, 6.45) is 5.74. The highest BCUT2D eigenvalue weighted by Gasteiger charge is 2.26. The summed E-state index contributed by atoms with van der Waals surface area (Å²) in [5, 5.41) is 0.985. The van der Waals surface area contributed by atoms with E-state index in [-0.39, 0.29) is 17.0 Å². The number of benzene rings is 1. The van der Waals surface area contributed by atoms with Gasteiger partial charge < -0.3 is 9.64 Å². The first-order valence-electron chi connectivity index (χ1n) is 10.3. The predicted octanol–water partition coefficient (Wildman–Crippen LogP) is 3.40. The molecular weight excluding hydrogens is 414 g/mol. The molecule has 0 radical (unpaired) electrons. The molecule has 1 aromatic carbocycles. The minimum absolute atomic E-state index is 0.0361. The van der Waals surface area contributed by atoms with Crippen molar-refractivity contribution in [3.8, 4) is 16.9 Å². The number of hydrogen-bond donors (Lipinski definition) is 0. The molecule has 3 heterocycles. The summed E-state index contributed by atoms with van der Waals surface area (Å²) in [6, 6.07) is 9.46. The Morgan fingerprint density at radius 2 is 2.03 bits per heavy atom. The molecule has 8 heteroatoms. The Labute approximate surface area is 182 Å². The number of pyridine rings is 2. The Bertz CT molecular complexity index is 1260. The van der Waals surface area contributed by atoms with Gasteiger partial charge in [-0.3, -0.25) is 9.78 Å². The molecule has 4 rings (SSSR count). The smallest absolute Gasteiger partial charge is 0.222 e. The van der Waals surface area contributed by atoms with Gasteiger partial charge in [-0.25, -0.2) is 13.4 Å². The number of aromatic nitrogens is 2. The zero-order valence-corrected chi connectivity index (χ0v) is 18.6. The second-order valence-corrected chi connectivity index (χ2v) is 9.81. The standard InChI is InChI=1S/C23H25N3O4S/c1-4-22(27)26-10-8-18(14-26)30-17-5-6-21-20(12-17)19(7-9-24-21)16-11-15(2)23(25-13-16)31(3,28)29/h5-7,9,11-13,18H,4,8,10,14H2,1-3H3/t18-/m0/s1. The molecule has 0 bridgehead atoms. The zero-order valence-electron chi connectivity index (χ0n) is 17.8. The van der Waals surface area contributed by atoms with Crippen molar-refractivity contribution in [2.45, 2.75) is 37.8 Å². The third-order valence-corrected chi connectivity index (χ3v) is 6.64. The Balaban J connectivity index is 1.66. The average Bonchev–Trinajstić information content (AvgIpc) is 3.20. The van der Waals surface area contributed by atoms with Crippen LogP contribution in [0.25, 0.3) is 22.0 Å². The molecule has 2 aromatic heterocycles.